The van der Waals surface area contributed by atoms with Crippen molar-refractivity contribution in [3.8, 4) is 0 Å². The zero-order valence-corrected chi connectivity index (χ0v) is 14.3. The van der Waals surface area contributed by atoms with Gasteiger partial charge in [0.1, 0.15) is 0 Å². The molecule has 0 heterocycles. The fraction of sp³-hybridized carbons (Fsp3) is 0.350. The minimum absolute atomic E-state index is 0.119. The Kier molecular flexibility index (Phi) is 6.67. The van der Waals surface area contributed by atoms with E-state index in [0.717, 1.165) is 29.8 Å². The second-order valence-electron chi connectivity index (χ2n) is 6.33. The van der Waals surface area contributed by atoms with Crippen molar-refractivity contribution in [2.45, 2.75) is 33.1 Å². The average Bonchev–Trinajstić information content (AvgIpc) is 2.58. The Hall–Kier alpha value is -2.49. The molecule has 2 aromatic carbocycles. The summed E-state index contributed by atoms with van der Waals surface area (Å²) >= 11 is 0. The van der Waals surface area contributed by atoms with Crippen molar-refractivity contribution >= 4 is 11.4 Å². The van der Waals surface area contributed by atoms with Crippen molar-refractivity contribution in [2.24, 2.45) is 10.9 Å². The molecule has 0 fully saturated rings. The largest absolute Gasteiger partial charge is 0.289 e. The highest BCUT2D eigenvalue weighted by molar-refractivity contribution is 6.01. The monoisotopic (exact) mass is 324 g/mol. The Labute approximate surface area is 143 Å². The van der Waals surface area contributed by atoms with Crippen LogP contribution in [-0.2, 0) is 6.42 Å². The number of nitro groups is 1. The van der Waals surface area contributed by atoms with E-state index in [1.807, 2.05) is 30.3 Å². The van der Waals surface area contributed by atoms with Crippen molar-refractivity contribution in [3.63, 3.8) is 0 Å². The summed E-state index contributed by atoms with van der Waals surface area (Å²) in [7, 11) is 0. The van der Waals surface area contributed by atoms with Gasteiger partial charge in [0, 0.05) is 30.8 Å². The fourth-order valence-corrected chi connectivity index (χ4v) is 2.52. The second kappa shape index (κ2) is 8.96. The number of rotatable bonds is 8. The molecule has 0 amide bonds. The third-order valence-electron chi connectivity index (χ3n) is 3.87. The normalized spacial score (nSPS) is 11.7. The predicted molar refractivity (Wildman–Crippen MR) is 98.7 cm³/mol. The summed E-state index contributed by atoms with van der Waals surface area (Å²) in [6.45, 7) is 5.26. The zero-order valence-electron chi connectivity index (χ0n) is 14.3. The second-order valence-corrected chi connectivity index (χ2v) is 6.33. The molecule has 0 aliphatic carbocycles. The van der Waals surface area contributed by atoms with Crippen LogP contribution in [0.2, 0.25) is 0 Å². The van der Waals surface area contributed by atoms with E-state index in [-0.39, 0.29) is 10.6 Å². The summed E-state index contributed by atoms with van der Waals surface area (Å²) < 4.78 is 0. The predicted octanol–water partition coefficient (Wildman–Crippen LogP) is 5.06. The summed E-state index contributed by atoms with van der Waals surface area (Å²) in [5.74, 6) is 0.690. The van der Waals surface area contributed by atoms with E-state index in [2.05, 4.69) is 26.0 Å². The van der Waals surface area contributed by atoms with Crippen LogP contribution in [0.15, 0.2) is 59.6 Å². The maximum atomic E-state index is 10.8. The van der Waals surface area contributed by atoms with Gasteiger partial charge in [0.2, 0.25) is 0 Å². The van der Waals surface area contributed by atoms with Crippen LogP contribution < -0.4 is 0 Å². The van der Waals surface area contributed by atoms with Crippen molar-refractivity contribution in [3.05, 3.63) is 75.8 Å². The third kappa shape index (κ3) is 5.61. The number of benzene rings is 2. The molecule has 0 aromatic heterocycles. The molecular weight excluding hydrogens is 300 g/mol. The standard InChI is InChI=1S/C20H24N2O2/c1-16(2)7-6-14-21-20(18-8-4-3-5-9-18)15-17-10-12-19(13-11-17)22(23)24/h3-5,8-13,16H,6-7,14-15H2,1-2H3. The number of hydrogen-bond acceptors (Lipinski definition) is 3. The van der Waals surface area contributed by atoms with E-state index in [9.17, 15) is 10.1 Å². The Bertz CT molecular complexity index is 677. The van der Waals surface area contributed by atoms with Gasteiger partial charge in [-0.3, -0.25) is 15.1 Å². The first-order valence-electron chi connectivity index (χ1n) is 8.38. The van der Waals surface area contributed by atoms with Gasteiger partial charge in [-0.2, -0.15) is 0 Å². The molecule has 0 N–H and O–H groups in total. The molecule has 0 aliphatic rings. The van der Waals surface area contributed by atoms with Gasteiger partial charge < -0.3 is 0 Å². The maximum Gasteiger partial charge on any atom is 0.269 e. The highest BCUT2D eigenvalue weighted by atomic mass is 16.6. The van der Waals surface area contributed by atoms with Gasteiger partial charge in [0.25, 0.3) is 5.69 Å². The molecular formula is C20H24N2O2. The van der Waals surface area contributed by atoms with Gasteiger partial charge in [-0.15, -0.1) is 0 Å². The van der Waals surface area contributed by atoms with E-state index in [1.54, 1.807) is 12.1 Å². The first-order chi connectivity index (χ1) is 11.6. The van der Waals surface area contributed by atoms with Gasteiger partial charge in [0.05, 0.1) is 4.92 Å². The first-order valence-corrected chi connectivity index (χ1v) is 8.38. The topological polar surface area (TPSA) is 55.5 Å². The molecule has 126 valence electrons. The van der Waals surface area contributed by atoms with Crippen molar-refractivity contribution < 1.29 is 4.92 Å². The minimum Gasteiger partial charge on any atom is -0.289 e. The molecule has 4 heteroatoms. The molecule has 2 aromatic rings. The SMILES string of the molecule is CC(C)CCCN=C(Cc1ccc([N+](=O)[O-])cc1)c1ccccc1. The number of non-ortho nitro benzene ring substituents is 1. The van der Waals surface area contributed by atoms with Crippen LogP contribution in [0.3, 0.4) is 0 Å². The summed E-state index contributed by atoms with van der Waals surface area (Å²) in [5, 5.41) is 10.8. The Morgan fingerprint density at radius 1 is 1.08 bits per heavy atom. The van der Waals surface area contributed by atoms with Crippen LogP contribution in [0.5, 0.6) is 0 Å². The quantitative estimate of drug-likeness (QED) is 0.295. The van der Waals surface area contributed by atoms with Crippen LogP contribution in [0.4, 0.5) is 5.69 Å². The van der Waals surface area contributed by atoms with Crippen LogP contribution in [0, 0.1) is 16.0 Å². The highest BCUT2D eigenvalue weighted by Gasteiger charge is 2.08. The number of nitro benzene ring substituents is 1. The van der Waals surface area contributed by atoms with Crippen molar-refractivity contribution in [2.75, 3.05) is 6.54 Å². The van der Waals surface area contributed by atoms with Crippen LogP contribution in [-0.4, -0.2) is 17.2 Å². The van der Waals surface area contributed by atoms with Gasteiger partial charge in [-0.1, -0.05) is 56.3 Å². The lowest BCUT2D eigenvalue weighted by Gasteiger charge is -2.08. The lowest BCUT2D eigenvalue weighted by Crippen LogP contribution is -2.07. The van der Waals surface area contributed by atoms with Gasteiger partial charge >= 0.3 is 0 Å². The zero-order chi connectivity index (χ0) is 17.4. The molecule has 0 spiro atoms. The number of aliphatic imine (C=N–C) groups is 1. The van der Waals surface area contributed by atoms with Crippen molar-refractivity contribution in [1.82, 2.24) is 0 Å². The Morgan fingerprint density at radius 2 is 1.75 bits per heavy atom. The van der Waals surface area contributed by atoms with E-state index in [0.29, 0.717) is 12.3 Å². The smallest absolute Gasteiger partial charge is 0.269 e. The summed E-state index contributed by atoms with van der Waals surface area (Å²) in [5.41, 5.74) is 3.30. The lowest BCUT2D eigenvalue weighted by molar-refractivity contribution is -0.384. The van der Waals surface area contributed by atoms with E-state index >= 15 is 0 Å². The number of nitrogens with zero attached hydrogens (tertiary/aromatic N) is 2. The summed E-state index contributed by atoms with van der Waals surface area (Å²) in [6, 6.07) is 16.9. The lowest BCUT2D eigenvalue weighted by atomic mass is 10.0. The van der Waals surface area contributed by atoms with Crippen LogP contribution in [0.25, 0.3) is 0 Å². The molecule has 0 radical (unpaired) electrons. The van der Waals surface area contributed by atoms with E-state index in [4.69, 9.17) is 4.99 Å². The summed E-state index contributed by atoms with van der Waals surface area (Å²) in [6.07, 6.45) is 2.93. The molecule has 0 saturated heterocycles. The molecule has 24 heavy (non-hydrogen) atoms. The van der Waals surface area contributed by atoms with E-state index < -0.39 is 0 Å². The summed E-state index contributed by atoms with van der Waals surface area (Å²) in [4.78, 5) is 15.2. The molecule has 0 bridgehead atoms. The maximum absolute atomic E-state index is 10.8. The molecule has 4 nitrogen and oxygen atoms in total. The fourth-order valence-electron chi connectivity index (χ4n) is 2.52. The average molecular weight is 324 g/mol. The molecule has 0 atom stereocenters. The highest BCUT2D eigenvalue weighted by Crippen LogP contribution is 2.15. The van der Waals surface area contributed by atoms with Crippen LogP contribution in [0.1, 0.15) is 37.8 Å². The third-order valence-corrected chi connectivity index (χ3v) is 3.87. The van der Waals surface area contributed by atoms with Gasteiger partial charge in [-0.25, -0.2) is 0 Å². The molecule has 0 unspecified atom stereocenters. The Balaban J connectivity index is 2.13. The van der Waals surface area contributed by atoms with E-state index in [1.165, 1.54) is 6.42 Å². The number of hydrogen-bond donors (Lipinski definition) is 0. The Morgan fingerprint density at radius 3 is 2.33 bits per heavy atom. The van der Waals surface area contributed by atoms with Gasteiger partial charge in [-0.05, 0) is 29.9 Å². The van der Waals surface area contributed by atoms with Gasteiger partial charge in [0.15, 0.2) is 0 Å². The molecule has 0 saturated carbocycles. The first kappa shape index (κ1) is 17.9. The van der Waals surface area contributed by atoms with Crippen LogP contribution >= 0.6 is 0 Å². The van der Waals surface area contributed by atoms with Crippen molar-refractivity contribution in [1.29, 1.82) is 0 Å². The minimum atomic E-state index is -0.373. The molecule has 2 rings (SSSR count). The molecule has 0 aliphatic heterocycles.